The molecule has 0 aliphatic carbocycles. The number of thiocarbonyl (C=S) groups is 1. The molecule has 0 spiro atoms. The zero-order chi connectivity index (χ0) is 25.3. The Morgan fingerprint density at radius 1 is 0.972 bits per heavy atom. The number of carboxylic acid groups (broad SMARTS) is 1. The molecule has 3 N–H and O–H groups in total. The lowest BCUT2D eigenvalue weighted by atomic mass is 9.77. The van der Waals surface area contributed by atoms with E-state index in [9.17, 15) is 9.59 Å². The van der Waals surface area contributed by atoms with Crippen molar-refractivity contribution in [3.63, 3.8) is 0 Å². The Bertz CT molecular complexity index is 1070. The second kappa shape index (κ2) is 12.8. The molecule has 0 unspecified atom stereocenters. The van der Waals surface area contributed by atoms with E-state index in [0.29, 0.717) is 29.8 Å². The van der Waals surface area contributed by atoms with Crippen LogP contribution < -0.4 is 10.6 Å². The summed E-state index contributed by atoms with van der Waals surface area (Å²) < 4.78 is 6.14. The lowest BCUT2D eigenvalue weighted by Crippen LogP contribution is -2.38. The van der Waals surface area contributed by atoms with Gasteiger partial charge < -0.3 is 20.5 Å². The predicted molar refractivity (Wildman–Crippen MR) is 146 cm³/mol. The first-order valence-electron chi connectivity index (χ1n) is 12.7. The number of benzene rings is 2. The smallest absolute Gasteiger partial charge is 0.303 e. The monoisotopic (exact) mass is 506 g/mol. The summed E-state index contributed by atoms with van der Waals surface area (Å²) in [5, 5.41) is 15.0. The first kappa shape index (κ1) is 26.0. The first-order chi connectivity index (χ1) is 17.5. The number of unbranched alkanes of at least 4 members (excludes halogenated alkanes) is 1. The Kier molecular flexibility index (Phi) is 9.25. The second-order valence-corrected chi connectivity index (χ2v) is 10.1. The summed E-state index contributed by atoms with van der Waals surface area (Å²) in [5.74, 6) is -0.160. The number of allylic oxidation sites excluding steroid dienone is 2. The van der Waals surface area contributed by atoms with Gasteiger partial charge >= 0.3 is 5.97 Å². The third-order valence-electron chi connectivity index (χ3n) is 7.06. The van der Waals surface area contributed by atoms with Crippen LogP contribution >= 0.6 is 12.2 Å². The van der Waals surface area contributed by atoms with E-state index in [0.717, 1.165) is 42.5 Å². The largest absolute Gasteiger partial charge is 0.481 e. The fraction of sp³-hybridized carbons (Fsp3) is 0.414. The minimum absolute atomic E-state index is 0.0841. The van der Waals surface area contributed by atoms with Crippen molar-refractivity contribution < 1.29 is 19.4 Å². The fourth-order valence-electron chi connectivity index (χ4n) is 5.24. The predicted octanol–water partition coefficient (Wildman–Crippen LogP) is 5.59. The zero-order valence-electron chi connectivity index (χ0n) is 20.4. The Balaban J connectivity index is 1.20. The Hall–Kier alpha value is -3.03. The number of hydrogen-bond acceptors (Lipinski definition) is 4. The maximum Gasteiger partial charge on any atom is 0.303 e. The number of aliphatic carboxylic acids is 1. The second-order valence-electron chi connectivity index (χ2n) is 9.58. The topological polar surface area (TPSA) is 87.7 Å². The molecule has 6 nitrogen and oxygen atoms in total. The van der Waals surface area contributed by atoms with E-state index in [1.807, 2.05) is 42.5 Å². The van der Waals surface area contributed by atoms with Crippen LogP contribution in [-0.4, -0.2) is 40.7 Å². The molecule has 2 fully saturated rings. The van der Waals surface area contributed by atoms with Gasteiger partial charge in [0.1, 0.15) is 0 Å². The highest BCUT2D eigenvalue weighted by Gasteiger charge is 2.47. The van der Waals surface area contributed by atoms with Gasteiger partial charge in [-0.1, -0.05) is 66.8 Å². The standard InChI is InChI=1S/C29H34N2O4S/c32-27(18-28(36)31-22-14-12-21(13-15-22)20-8-4-3-5-9-20)30-19-24-23(25-16-17-26(24)35-25)10-6-1-2-7-11-29(33)34/h1,3-6,8-9,12-15,23-26H,2,7,10-11,16-19H2,(H,30,32)(H,31,36)(H,33,34)/t23-,24+,25-,26+/m1/s1. The van der Waals surface area contributed by atoms with Gasteiger partial charge in [0.25, 0.3) is 0 Å². The maximum atomic E-state index is 12.6. The van der Waals surface area contributed by atoms with Gasteiger partial charge in [0, 0.05) is 24.6 Å². The van der Waals surface area contributed by atoms with E-state index in [1.54, 1.807) is 0 Å². The minimum Gasteiger partial charge on any atom is -0.481 e. The average molecular weight is 507 g/mol. The van der Waals surface area contributed by atoms with Crippen LogP contribution in [0.15, 0.2) is 66.7 Å². The molecule has 36 heavy (non-hydrogen) atoms. The fourth-order valence-corrected chi connectivity index (χ4v) is 5.49. The number of amides is 1. The van der Waals surface area contributed by atoms with Gasteiger partial charge in [0.2, 0.25) is 5.91 Å². The van der Waals surface area contributed by atoms with E-state index < -0.39 is 5.97 Å². The van der Waals surface area contributed by atoms with Crippen LogP contribution in [0.3, 0.4) is 0 Å². The highest BCUT2D eigenvalue weighted by Crippen LogP contribution is 2.44. The SMILES string of the molecule is O=C(O)CCCC=CC[C@@H]1[C@H](CNC(=O)CC(=S)Nc2ccc(-c3ccccc3)cc2)[C@@H]2CC[C@H]1O2. The number of rotatable bonds is 12. The summed E-state index contributed by atoms with van der Waals surface area (Å²) >= 11 is 5.43. The Morgan fingerprint density at radius 3 is 2.39 bits per heavy atom. The highest BCUT2D eigenvalue weighted by atomic mass is 32.1. The van der Waals surface area contributed by atoms with Gasteiger partial charge in [0.15, 0.2) is 0 Å². The van der Waals surface area contributed by atoms with Gasteiger partial charge in [-0.3, -0.25) is 9.59 Å². The molecule has 0 radical (unpaired) electrons. The normalized spacial score (nSPS) is 22.6. The highest BCUT2D eigenvalue weighted by molar-refractivity contribution is 7.80. The van der Waals surface area contributed by atoms with Crippen LogP contribution in [-0.2, 0) is 14.3 Å². The van der Waals surface area contributed by atoms with E-state index in [-0.39, 0.29) is 31.0 Å². The number of carbonyl (C=O) groups excluding carboxylic acids is 1. The number of anilines is 1. The van der Waals surface area contributed by atoms with E-state index in [2.05, 4.69) is 34.9 Å². The molecule has 0 aromatic heterocycles. The van der Waals surface area contributed by atoms with Crippen LogP contribution in [0.5, 0.6) is 0 Å². The summed E-state index contributed by atoms with van der Waals surface area (Å²) in [6, 6.07) is 18.2. The van der Waals surface area contributed by atoms with Crippen LogP contribution in [0.4, 0.5) is 5.69 Å². The van der Waals surface area contributed by atoms with Crippen molar-refractivity contribution in [3.05, 3.63) is 66.7 Å². The molecule has 4 atom stereocenters. The quantitative estimate of drug-likeness (QED) is 0.198. The summed E-state index contributed by atoms with van der Waals surface area (Å²) in [7, 11) is 0. The summed E-state index contributed by atoms with van der Waals surface area (Å²) in [6.07, 6.45) is 9.46. The van der Waals surface area contributed by atoms with Crippen molar-refractivity contribution in [2.24, 2.45) is 11.8 Å². The summed E-state index contributed by atoms with van der Waals surface area (Å²) in [4.78, 5) is 23.7. The van der Waals surface area contributed by atoms with E-state index >= 15 is 0 Å². The Labute approximate surface area is 218 Å². The third-order valence-corrected chi connectivity index (χ3v) is 7.30. The lowest BCUT2D eigenvalue weighted by Gasteiger charge is -2.27. The number of ether oxygens (including phenoxy) is 1. The summed E-state index contributed by atoms with van der Waals surface area (Å²) in [5.41, 5.74) is 3.15. The molecule has 190 valence electrons. The van der Waals surface area contributed by atoms with E-state index in [1.165, 1.54) is 0 Å². The van der Waals surface area contributed by atoms with Gasteiger partial charge in [0.05, 0.1) is 23.6 Å². The zero-order valence-corrected chi connectivity index (χ0v) is 21.2. The molecule has 2 saturated heterocycles. The molecule has 7 heteroatoms. The average Bonchev–Trinajstić information content (AvgIpc) is 3.47. The molecule has 2 aliphatic rings. The summed E-state index contributed by atoms with van der Waals surface area (Å²) in [6.45, 7) is 0.589. The van der Waals surface area contributed by atoms with Crippen LogP contribution in [0, 0.1) is 11.8 Å². The minimum atomic E-state index is -0.753. The first-order valence-corrected chi connectivity index (χ1v) is 13.1. The van der Waals surface area contributed by atoms with Crippen molar-refractivity contribution in [3.8, 4) is 11.1 Å². The maximum absolute atomic E-state index is 12.6. The molecular formula is C29H34N2O4S. The molecule has 0 saturated carbocycles. The molecule has 2 aromatic carbocycles. The van der Waals surface area contributed by atoms with Gasteiger partial charge in [-0.05, 0) is 61.3 Å². The number of nitrogens with one attached hydrogen (secondary N) is 2. The molecule has 2 heterocycles. The van der Waals surface area contributed by atoms with Crippen molar-refractivity contribution >= 4 is 34.8 Å². The molecule has 2 bridgehead atoms. The van der Waals surface area contributed by atoms with Crippen molar-refractivity contribution in [1.29, 1.82) is 0 Å². The van der Waals surface area contributed by atoms with E-state index in [4.69, 9.17) is 22.1 Å². The third kappa shape index (κ3) is 7.24. The molecular weight excluding hydrogens is 472 g/mol. The van der Waals surface area contributed by atoms with Gasteiger partial charge in [-0.2, -0.15) is 0 Å². The van der Waals surface area contributed by atoms with Gasteiger partial charge in [-0.25, -0.2) is 0 Å². The molecule has 2 aliphatic heterocycles. The lowest BCUT2D eigenvalue weighted by molar-refractivity contribution is -0.137. The molecule has 2 aromatic rings. The molecule has 4 rings (SSSR count). The van der Waals surface area contributed by atoms with Gasteiger partial charge in [-0.15, -0.1) is 0 Å². The number of carbonyl (C=O) groups is 2. The number of hydrogen-bond donors (Lipinski definition) is 3. The van der Waals surface area contributed by atoms with Crippen molar-refractivity contribution in [2.75, 3.05) is 11.9 Å². The van der Waals surface area contributed by atoms with Crippen LogP contribution in [0.25, 0.3) is 11.1 Å². The van der Waals surface area contributed by atoms with Crippen LogP contribution in [0.2, 0.25) is 0 Å². The number of fused-ring (bicyclic) bond motifs is 2. The van der Waals surface area contributed by atoms with Crippen LogP contribution in [0.1, 0.15) is 44.9 Å². The number of carboxylic acids is 1. The Morgan fingerprint density at radius 2 is 1.67 bits per heavy atom. The molecule has 1 amide bonds. The van der Waals surface area contributed by atoms with Crippen molar-refractivity contribution in [2.45, 2.75) is 57.2 Å². The van der Waals surface area contributed by atoms with Crippen molar-refractivity contribution in [1.82, 2.24) is 5.32 Å².